The number of aryl methyl sites for hydroxylation is 1. The number of hydrogen-bond donors (Lipinski definition) is 0. The van der Waals surface area contributed by atoms with Crippen molar-refractivity contribution in [3.8, 4) is 11.5 Å². The first-order valence-corrected chi connectivity index (χ1v) is 14.9. The van der Waals surface area contributed by atoms with Gasteiger partial charge in [-0.3, -0.25) is 13.9 Å². The van der Waals surface area contributed by atoms with Crippen molar-refractivity contribution in [3.05, 3.63) is 56.2 Å². The molecule has 42 heavy (non-hydrogen) atoms. The summed E-state index contributed by atoms with van der Waals surface area (Å²) in [7, 11) is 1.69. The average molecular weight is 595 g/mol. The van der Waals surface area contributed by atoms with Crippen LogP contribution in [0.2, 0.25) is 5.02 Å². The molecule has 6 rings (SSSR count). The molecule has 0 spiro atoms. The van der Waals surface area contributed by atoms with Crippen LogP contribution in [0.4, 0.5) is 11.8 Å². The van der Waals surface area contributed by atoms with Gasteiger partial charge in [0.1, 0.15) is 5.82 Å². The summed E-state index contributed by atoms with van der Waals surface area (Å²) in [6.07, 6.45) is 1.21. The van der Waals surface area contributed by atoms with Crippen molar-refractivity contribution in [2.45, 2.75) is 32.7 Å². The molecule has 0 N–H and O–H groups in total. The molecule has 222 valence electrons. The normalized spacial score (nSPS) is 16.4. The van der Waals surface area contributed by atoms with Crippen LogP contribution in [0.25, 0.3) is 21.8 Å². The number of morpholine rings is 1. The van der Waals surface area contributed by atoms with Crippen LogP contribution in [-0.4, -0.2) is 71.7 Å². The smallest absolute Gasteiger partial charge is 0.331 e. The van der Waals surface area contributed by atoms with Gasteiger partial charge in [0.2, 0.25) is 5.95 Å². The molecular formula is C30H35ClN6O5. The number of rotatable bonds is 7. The Labute approximate surface area is 248 Å². The largest absolute Gasteiger partial charge is 0.490 e. The summed E-state index contributed by atoms with van der Waals surface area (Å²) in [6, 6.07) is 8.68. The monoisotopic (exact) mass is 594 g/mol. The first kappa shape index (κ1) is 28.3. The van der Waals surface area contributed by atoms with E-state index in [9.17, 15) is 9.59 Å². The van der Waals surface area contributed by atoms with Gasteiger partial charge in [0.15, 0.2) is 11.5 Å². The molecule has 4 heterocycles. The maximum atomic E-state index is 13.5. The summed E-state index contributed by atoms with van der Waals surface area (Å²) in [5, 5.41) is 1.77. The van der Waals surface area contributed by atoms with Crippen molar-refractivity contribution in [2.75, 3.05) is 62.4 Å². The maximum Gasteiger partial charge on any atom is 0.331 e. The molecule has 4 aromatic rings. The molecule has 11 nitrogen and oxygen atoms in total. The zero-order chi connectivity index (χ0) is 29.4. The van der Waals surface area contributed by atoms with Crippen molar-refractivity contribution in [1.82, 2.24) is 19.1 Å². The minimum absolute atomic E-state index is 0.244. The minimum Gasteiger partial charge on any atom is -0.490 e. The quantitative estimate of drug-likeness (QED) is 0.316. The second-order valence-electron chi connectivity index (χ2n) is 10.5. The van der Waals surface area contributed by atoms with E-state index < -0.39 is 0 Å². The van der Waals surface area contributed by atoms with Gasteiger partial charge in [-0.25, -0.2) is 9.78 Å². The Morgan fingerprint density at radius 1 is 0.905 bits per heavy atom. The third kappa shape index (κ3) is 5.15. The highest BCUT2D eigenvalue weighted by atomic mass is 35.5. The van der Waals surface area contributed by atoms with Gasteiger partial charge >= 0.3 is 5.69 Å². The van der Waals surface area contributed by atoms with Gasteiger partial charge in [-0.15, -0.1) is 0 Å². The zero-order valence-electron chi connectivity index (χ0n) is 24.1. The molecule has 2 aromatic heterocycles. The molecule has 0 radical (unpaired) electrons. The fourth-order valence-electron chi connectivity index (χ4n) is 5.90. The van der Waals surface area contributed by atoms with E-state index in [0.29, 0.717) is 98.8 Å². The molecule has 2 aliphatic heterocycles. The summed E-state index contributed by atoms with van der Waals surface area (Å²) >= 11 is 6.20. The average Bonchev–Trinajstić information content (AvgIpc) is 3.01. The first-order chi connectivity index (χ1) is 20.4. The van der Waals surface area contributed by atoms with E-state index in [1.165, 1.54) is 9.13 Å². The summed E-state index contributed by atoms with van der Waals surface area (Å²) in [5.74, 6) is 2.74. The lowest BCUT2D eigenvalue weighted by Crippen LogP contribution is -2.45. The molecule has 0 saturated carbocycles. The Morgan fingerprint density at radius 2 is 1.60 bits per heavy atom. The topological polar surface area (TPSA) is 104 Å². The third-order valence-corrected chi connectivity index (χ3v) is 8.25. The van der Waals surface area contributed by atoms with Gasteiger partial charge in [0.25, 0.3) is 5.56 Å². The SMILES string of the molecule is CCOc1cc2nc(N3CCOCC3)nc(N3CCC(n4c(=O)c5cc(Cl)ccc5n(C)c4=O)CC3)c2cc1OCC. The summed E-state index contributed by atoms with van der Waals surface area (Å²) in [6.45, 7) is 8.77. The van der Waals surface area contributed by atoms with Crippen LogP contribution in [0.15, 0.2) is 39.9 Å². The van der Waals surface area contributed by atoms with Gasteiger partial charge in [0, 0.05) is 55.7 Å². The van der Waals surface area contributed by atoms with Gasteiger partial charge < -0.3 is 24.0 Å². The Morgan fingerprint density at radius 3 is 2.29 bits per heavy atom. The third-order valence-electron chi connectivity index (χ3n) is 8.01. The van der Waals surface area contributed by atoms with E-state index >= 15 is 0 Å². The standard InChI is InChI=1S/C30H35ClN6O5/c1-4-41-25-17-21-23(18-26(25)42-5-2)32-29(36-12-14-40-15-13-36)33-27(21)35-10-8-20(9-11-35)37-28(38)22-16-19(31)6-7-24(22)34(3)30(37)39/h6-7,16-18,20H,4-5,8-15H2,1-3H3. The van der Waals surface area contributed by atoms with Gasteiger partial charge in [-0.1, -0.05) is 11.6 Å². The van der Waals surface area contributed by atoms with E-state index in [4.69, 9.17) is 35.8 Å². The predicted molar refractivity (Wildman–Crippen MR) is 164 cm³/mol. The number of fused-ring (bicyclic) bond motifs is 2. The van der Waals surface area contributed by atoms with E-state index in [-0.39, 0.29) is 17.3 Å². The van der Waals surface area contributed by atoms with Crippen LogP contribution in [0, 0.1) is 0 Å². The Kier molecular flexibility index (Phi) is 7.96. The lowest BCUT2D eigenvalue weighted by atomic mass is 10.0. The second kappa shape index (κ2) is 11.8. The zero-order valence-corrected chi connectivity index (χ0v) is 24.9. The van der Waals surface area contributed by atoms with Gasteiger partial charge in [-0.2, -0.15) is 4.98 Å². The molecule has 0 atom stereocenters. The number of piperidine rings is 1. The van der Waals surface area contributed by atoms with Crippen LogP contribution < -0.4 is 30.5 Å². The lowest BCUT2D eigenvalue weighted by Gasteiger charge is -2.35. The van der Waals surface area contributed by atoms with Crippen LogP contribution in [0.3, 0.4) is 0 Å². The first-order valence-electron chi connectivity index (χ1n) is 14.5. The molecule has 2 aromatic carbocycles. The second-order valence-corrected chi connectivity index (χ2v) is 11.0. The fraction of sp³-hybridized carbons (Fsp3) is 0.467. The van der Waals surface area contributed by atoms with Crippen LogP contribution in [0.1, 0.15) is 32.7 Å². The van der Waals surface area contributed by atoms with Crippen molar-refractivity contribution in [2.24, 2.45) is 7.05 Å². The highest BCUT2D eigenvalue weighted by Crippen LogP contribution is 2.38. The number of ether oxygens (including phenoxy) is 3. The van der Waals surface area contributed by atoms with Crippen molar-refractivity contribution in [1.29, 1.82) is 0 Å². The van der Waals surface area contributed by atoms with E-state index in [1.807, 2.05) is 26.0 Å². The molecule has 0 aliphatic carbocycles. The van der Waals surface area contributed by atoms with Crippen LogP contribution in [0.5, 0.6) is 11.5 Å². The summed E-state index contributed by atoms with van der Waals surface area (Å²) in [4.78, 5) is 41.2. The van der Waals surface area contributed by atoms with E-state index in [0.717, 1.165) is 16.7 Å². The molecule has 2 fully saturated rings. The molecular weight excluding hydrogens is 560 g/mol. The number of nitrogens with zero attached hydrogens (tertiary/aromatic N) is 6. The van der Waals surface area contributed by atoms with Crippen molar-refractivity contribution in [3.63, 3.8) is 0 Å². The van der Waals surface area contributed by atoms with Crippen molar-refractivity contribution < 1.29 is 14.2 Å². The molecule has 0 bridgehead atoms. The Bertz CT molecular complexity index is 1740. The van der Waals surface area contributed by atoms with Crippen LogP contribution in [-0.2, 0) is 11.8 Å². The predicted octanol–water partition coefficient (Wildman–Crippen LogP) is 3.77. The minimum atomic E-state index is -0.319. The maximum absolute atomic E-state index is 13.5. The van der Waals surface area contributed by atoms with E-state index in [2.05, 4.69) is 9.80 Å². The lowest BCUT2D eigenvalue weighted by molar-refractivity contribution is 0.122. The Hall–Kier alpha value is -3.83. The van der Waals surface area contributed by atoms with E-state index in [1.54, 1.807) is 25.2 Å². The van der Waals surface area contributed by atoms with Gasteiger partial charge in [0.05, 0.1) is 42.8 Å². The summed E-state index contributed by atoms with van der Waals surface area (Å²) in [5.41, 5.74) is 0.718. The van der Waals surface area contributed by atoms with Crippen LogP contribution >= 0.6 is 11.6 Å². The number of benzene rings is 2. The highest BCUT2D eigenvalue weighted by Gasteiger charge is 2.28. The molecule has 0 unspecified atom stereocenters. The van der Waals surface area contributed by atoms with Crippen molar-refractivity contribution >= 4 is 45.2 Å². The number of anilines is 2. The molecule has 0 amide bonds. The summed E-state index contributed by atoms with van der Waals surface area (Å²) < 4.78 is 20.3. The molecule has 2 saturated heterocycles. The molecule has 12 heteroatoms. The number of aromatic nitrogens is 4. The molecule has 2 aliphatic rings. The highest BCUT2D eigenvalue weighted by molar-refractivity contribution is 6.31. The number of halogens is 1. The number of hydrogen-bond acceptors (Lipinski definition) is 9. The van der Waals surface area contributed by atoms with Gasteiger partial charge in [-0.05, 0) is 51.0 Å². The fourth-order valence-corrected chi connectivity index (χ4v) is 6.07. The Balaban J connectivity index is 1.38.